The van der Waals surface area contributed by atoms with E-state index in [0.29, 0.717) is 46.6 Å². The molecule has 2 aromatic heterocycles. The first kappa shape index (κ1) is 29.9. The van der Waals surface area contributed by atoms with Crippen molar-refractivity contribution in [1.29, 1.82) is 0 Å². The van der Waals surface area contributed by atoms with Crippen molar-refractivity contribution in [3.8, 4) is 17.4 Å². The third kappa shape index (κ3) is 6.41. The maximum Gasteiger partial charge on any atom is 0.336 e. The molecular weight excluding hydrogens is 576 g/mol. The van der Waals surface area contributed by atoms with Crippen LogP contribution in [0.2, 0.25) is 0 Å². The monoisotopic (exact) mass is 612 g/mol. The first-order valence-electron chi connectivity index (χ1n) is 14.7. The smallest absolute Gasteiger partial charge is 0.336 e. The van der Waals surface area contributed by atoms with Gasteiger partial charge in [0.2, 0.25) is 11.8 Å². The lowest BCUT2D eigenvalue weighted by molar-refractivity contribution is -0.111. The molecule has 2 aliphatic heterocycles. The Morgan fingerprint density at radius 2 is 1.89 bits per heavy atom. The molecule has 1 amide bonds. The first-order valence-corrected chi connectivity index (χ1v) is 14.7. The van der Waals surface area contributed by atoms with Crippen LogP contribution < -0.4 is 35.4 Å². The molecular formula is C33H36N6O6. The molecule has 0 aliphatic carbocycles. The van der Waals surface area contributed by atoms with Crippen molar-refractivity contribution in [1.82, 2.24) is 14.9 Å². The molecule has 2 N–H and O–H groups in total. The van der Waals surface area contributed by atoms with Gasteiger partial charge in [0.1, 0.15) is 40.9 Å². The van der Waals surface area contributed by atoms with E-state index in [1.165, 1.54) is 18.5 Å². The van der Waals surface area contributed by atoms with E-state index in [4.69, 9.17) is 18.6 Å². The Kier molecular flexibility index (Phi) is 8.07. The number of carbonyl (C=O) groups is 1. The van der Waals surface area contributed by atoms with E-state index >= 15 is 0 Å². The Labute approximate surface area is 260 Å². The fraction of sp³-hybridized carbons (Fsp3) is 0.333. The van der Waals surface area contributed by atoms with Crippen molar-refractivity contribution in [3.63, 3.8) is 0 Å². The lowest BCUT2D eigenvalue weighted by Gasteiger charge is -2.39. The maximum absolute atomic E-state index is 12.4. The van der Waals surface area contributed by atoms with Gasteiger partial charge in [0.25, 0.3) is 0 Å². The number of amides is 1. The van der Waals surface area contributed by atoms with Gasteiger partial charge in [-0.2, -0.15) is 0 Å². The zero-order chi connectivity index (χ0) is 31.7. The van der Waals surface area contributed by atoms with Gasteiger partial charge in [-0.1, -0.05) is 6.58 Å². The van der Waals surface area contributed by atoms with Gasteiger partial charge in [0.15, 0.2) is 0 Å². The fourth-order valence-electron chi connectivity index (χ4n) is 5.56. The molecule has 12 heteroatoms. The molecule has 0 spiro atoms. The summed E-state index contributed by atoms with van der Waals surface area (Å²) in [6.07, 6.45) is 2.84. The van der Waals surface area contributed by atoms with Gasteiger partial charge in [-0.05, 0) is 50.7 Å². The van der Waals surface area contributed by atoms with Gasteiger partial charge in [-0.15, -0.1) is 0 Å². The minimum atomic E-state index is -0.713. The number of fused-ring (bicyclic) bond motifs is 2. The number of benzene rings is 2. The third-order valence-electron chi connectivity index (χ3n) is 8.13. The zero-order valence-corrected chi connectivity index (χ0v) is 25.8. The second-order valence-corrected chi connectivity index (χ2v) is 11.7. The number of rotatable bonds is 8. The molecule has 2 aromatic carbocycles. The average Bonchev–Trinajstić information content (AvgIpc) is 3.01. The Hall–Kier alpha value is -5.10. The summed E-state index contributed by atoms with van der Waals surface area (Å²) >= 11 is 0. The molecule has 1 unspecified atom stereocenters. The van der Waals surface area contributed by atoms with E-state index in [1.807, 2.05) is 32.0 Å². The Morgan fingerprint density at radius 1 is 1.09 bits per heavy atom. The number of ether oxygens (including phenoxy) is 3. The van der Waals surface area contributed by atoms with Gasteiger partial charge in [0.05, 0.1) is 24.2 Å². The minimum absolute atomic E-state index is 0.310. The molecule has 45 heavy (non-hydrogen) atoms. The highest BCUT2D eigenvalue weighted by Gasteiger charge is 2.39. The van der Waals surface area contributed by atoms with Crippen LogP contribution in [0.15, 0.2) is 70.7 Å². The Morgan fingerprint density at radius 3 is 2.64 bits per heavy atom. The zero-order valence-electron chi connectivity index (χ0n) is 25.8. The number of aromatic nitrogens is 2. The van der Waals surface area contributed by atoms with Crippen molar-refractivity contribution in [2.45, 2.75) is 32.0 Å². The summed E-state index contributed by atoms with van der Waals surface area (Å²) in [7, 11) is 3.69. The van der Waals surface area contributed by atoms with Crippen LogP contribution in [0.5, 0.6) is 17.4 Å². The van der Waals surface area contributed by atoms with Crippen LogP contribution in [-0.2, 0) is 11.2 Å². The van der Waals surface area contributed by atoms with E-state index in [1.54, 1.807) is 25.3 Å². The number of hydrogen-bond acceptors (Lipinski definition) is 11. The van der Waals surface area contributed by atoms with E-state index in [9.17, 15) is 9.59 Å². The molecule has 2 aliphatic rings. The summed E-state index contributed by atoms with van der Waals surface area (Å²) in [4.78, 5) is 37.3. The van der Waals surface area contributed by atoms with Crippen LogP contribution in [0, 0.1) is 0 Å². The minimum Gasteiger partial charge on any atom is -0.494 e. The van der Waals surface area contributed by atoms with Gasteiger partial charge in [-0.25, -0.2) is 14.8 Å². The van der Waals surface area contributed by atoms with E-state index in [-0.39, 0.29) is 12.0 Å². The van der Waals surface area contributed by atoms with Crippen molar-refractivity contribution < 1.29 is 23.4 Å². The molecule has 0 radical (unpaired) electrons. The first-order chi connectivity index (χ1) is 21.6. The highest BCUT2D eigenvalue weighted by atomic mass is 16.6. The molecule has 4 heterocycles. The molecule has 1 atom stereocenters. The number of piperazine rings is 1. The lowest BCUT2D eigenvalue weighted by Crippen LogP contribution is -2.49. The highest BCUT2D eigenvalue weighted by Crippen LogP contribution is 2.40. The predicted molar refractivity (Wildman–Crippen MR) is 172 cm³/mol. The van der Waals surface area contributed by atoms with Crippen LogP contribution in [-0.4, -0.2) is 72.8 Å². The number of methoxy groups -OCH3 is 1. The second-order valence-electron chi connectivity index (χ2n) is 11.7. The van der Waals surface area contributed by atoms with Crippen LogP contribution in [0.4, 0.5) is 22.9 Å². The third-order valence-corrected chi connectivity index (χ3v) is 8.13. The highest BCUT2D eigenvalue weighted by molar-refractivity contribution is 6.02. The van der Waals surface area contributed by atoms with Crippen molar-refractivity contribution in [2.75, 3.05) is 55.9 Å². The molecule has 1 fully saturated rings. The number of hydrogen-bond donors (Lipinski definition) is 2. The summed E-state index contributed by atoms with van der Waals surface area (Å²) in [5, 5.41) is 7.05. The molecule has 0 saturated carbocycles. The lowest BCUT2D eigenvalue weighted by atomic mass is 9.90. The number of likely N-dealkylation sites (N-methyl/N-ethyl adjacent to an activating group) is 1. The predicted octanol–water partition coefficient (Wildman–Crippen LogP) is 4.37. The largest absolute Gasteiger partial charge is 0.494 e. The van der Waals surface area contributed by atoms with Gasteiger partial charge < -0.3 is 39.1 Å². The number of carbonyl (C=O) groups excluding carboxylic acids is 1. The SMILES string of the molecule is C=CC(=O)Nc1cc(Nc2cc(OC3Cc4cc5ccc(=O)oc5cc4OC3(C)C)ncn2)c(OC)cc1N1CCN(C)CC1. The summed E-state index contributed by atoms with van der Waals surface area (Å²) in [5.41, 5.74) is 2.39. The van der Waals surface area contributed by atoms with E-state index in [0.717, 1.165) is 42.8 Å². The Balaban J connectivity index is 1.25. The molecule has 4 aromatic rings. The van der Waals surface area contributed by atoms with E-state index < -0.39 is 11.2 Å². The van der Waals surface area contributed by atoms with E-state index in [2.05, 4.69) is 44.0 Å². The summed E-state index contributed by atoms with van der Waals surface area (Å²) in [6.45, 7) is 10.9. The summed E-state index contributed by atoms with van der Waals surface area (Å²) < 4.78 is 23.8. The fourth-order valence-corrected chi connectivity index (χ4v) is 5.56. The van der Waals surface area contributed by atoms with Crippen molar-refractivity contribution in [2.24, 2.45) is 0 Å². The second kappa shape index (κ2) is 12.1. The molecule has 0 bridgehead atoms. The van der Waals surface area contributed by atoms with Crippen LogP contribution in [0.3, 0.4) is 0 Å². The van der Waals surface area contributed by atoms with Crippen molar-refractivity contribution in [3.05, 3.63) is 77.4 Å². The number of nitrogens with zero attached hydrogens (tertiary/aromatic N) is 4. The molecule has 12 nitrogen and oxygen atoms in total. The standard InChI is InChI=1S/C33H36N6O6/c1-6-30(40)37-22-15-23(27(42-5)16-24(22)39-11-9-38(4)10-12-39)36-29-18-31(35-19-34-29)44-28-14-21-13-20-7-8-32(41)43-25(20)17-26(21)45-33(28,2)3/h6-8,13,15-19,28H,1,9-12,14H2,2-5H3,(H,37,40)(H,34,35,36). The average molecular weight is 613 g/mol. The summed E-state index contributed by atoms with van der Waals surface area (Å²) in [5.74, 6) is 1.76. The van der Waals surface area contributed by atoms with Gasteiger partial charge in [0, 0.05) is 62.3 Å². The normalized spacial score (nSPS) is 17.6. The molecule has 1 saturated heterocycles. The van der Waals surface area contributed by atoms with Crippen LogP contribution in [0.1, 0.15) is 19.4 Å². The topological polar surface area (TPSA) is 131 Å². The Bertz CT molecular complexity index is 1810. The quantitative estimate of drug-likeness (QED) is 0.217. The summed E-state index contributed by atoms with van der Waals surface area (Å²) in [6, 6.07) is 12.3. The molecule has 6 rings (SSSR count). The van der Waals surface area contributed by atoms with Gasteiger partial charge in [-0.3, -0.25) is 4.79 Å². The van der Waals surface area contributed by atoms with Crippen LogP contribution >= 0.6 is 0 Å². The molecule has 234 valence electrons. The number of anilines is 4. The van der Waals surface area contributed by atoms with Gasteiger partial charge >= 0.3 is 5.63 Å². The van der Waals surface area contributed by atoms with Crippen molar-refractivity contribution >= 4 is 39.8 Å². The number of nitrogens with one attached hydrogen (secondary N) is 2. The maximum atomic E-state index is 12.4. The van der Waals surface area contributed by atoms with Crippen LogP contribution in [0.25, 0.3) is 11.0 Å².